The monoisotopic (exact) mass is 196 g/mol. The van der Waals surface area contributed by atoms with Crippen LogP contribution in [0.15, 0.2) is 0 Å². The Morgan fingerprint density at radius 2 is 1.93 bits per heavy atom. The summed E-state index contributed by atoms with van der Waals surface area (Å²) < 4.78 is 4.77. The molecule has 0 radical (unpaired) electrons. The Kier molecular flexibility index (Phi) is 2.80. The van der Waals surface area contributed by atoms with E-state index in [2.05, 4.69) is 6.92 Å². The van der Waals surface area contributed by atoms with Crippen LogP contribution in [0.25, 0.3) is 0 Å². The molecule has 0 aliphatic heterocycles. The fraction of sp³-hybridized carbons (Fsp3) is 0.917. The number of ether oxygens (including phenoxy) is 1. The third-order valence-electron chi connectivity index (χ3n) is 4.38. The minimum absolute atomic E-state index is 0.0130. The molecule has 0 heterocycles. The number of carbonyl (C=O) groups is 1. The van der Waals surface area contributed by atoms with Crippen molar-refractivity contribution in [3.05, 3.63) is 0 Å². The number of carbonyl (C=O) groups excluding carboxylic acids is 1. The summed E-state index contributed by atoms with van der Waals surface area (Å²) in [4.78, 5) is 11.3. The predicted octanol–water partition coefficient (Wildman–Crippen LogP) is 2.62. The molecule has 0 N–H and O–H groups in total. The van der Waals surface area contributed by atoms with Crippen LogP contribution < -0.4 is 0 Å². The van der Waals surface area contributed by atoms with Crippen LogP contribution in [0, 0.1) is 23.7 Å². The highest BCUT2D eigenvalue weighted by Gasteiger charge is 2.46. The number of hydrogen-bond acceptors (Lipinski definition) is 2. The van der Waals surface area contributed by atoms with Crippen molar-refractivity contribution in [2.24, 2.45) is 23.7 Å². The summed E-state index contributed by atoms with van der Waals surface area (Å²) in [7, 11) is 1.50. The van der Waals surface area contributed by atoms with Gasteiger partial charge in [-0.1, -0.05) is 13.3 Å². The molecule has 2 fully saturated rings. The molecule has 2 saturated carbocycles. The van der Waals surface area contributed by atoms with E-state index in [4.69, 9.17) is 4.74 Å². The molecule has 2 aliphatic rings. The molecule has 4 atom stereocenters. The summed E-state index contributed by atoms with van der Waals surface area (Å²) in [6, 6.07) is 0. The predicted molar refractivity (Wildman–Crippen MR) is 54.7 cm³/mol. The maximum Gasteiger partial charge on any atom is 0.305 e. The minimum atomic E-state index is -0.0130. The van der Waals surface area contributed by atoms with E-state index in [1.54, 1.807) is 0 Å². The topological polar surface area (TPSA) is 26.3 Å². The van der Waals surface area contributed by atoms with E-state index in [9.17, 15) is 4.79 Å². The average Bonchev–Trinajstić information content (AvgIpc) is 2.77. The van der Waals surface area contributed by atoms with Crippen molar-refractivity contribution >= 4 is 5.97 Å². The van der Waals surface area contributed by atoms with Crippen molar-refractivity contribution in [1.82, 2.24) is 0 Å². The fourth-order valence-corrected chi connectivity index (χ4v) is 3.76. The molecule has 0 amide bonds. The standard InChI is InChI=1S/C12H20O2/c1-3-10-8-4-5-9(6-8)11(10)7-12(13)14-2/h8-11H,3-7H2,1-2H3. The Bertz CT molecular complexity index is 224. The Balaban J connectivity index is 1.99. The molecular formula is C12H20O2. The number of rotatable bonds is 3. The van der Waals surface area contributed by atoms with Gasteiger partial charge in [-0.15, -0.1) is 0 Å². The number of esters is 1. The zero-order valence-corrected chi connectivity index (χ0v) is 9.16. The number of fused-ring (bicyclic) bond motifs is 2. The summed E-state index contributed by atoms with van der Waals surface area (Å²) >= 11 is 0. The molecule has 2 nitrogen and oxygen atoms in total. The van der Waals surface area contributed by atoms with Gasteiger partial charge in [-0.3, -0.25) is 4.79 Å². The summed E-state index contributed by atoms with van der Waals surface area (Å²) in [5.41, 5.74) is 0. The van der Waals surface area contributed by atoms with Gasteiger partial charge in [0.05, 0.1) is 7.11 Å². The molecule has 0 aromatic rings. The molecule has 0 saturated heterocycles. The van der Waals surface area contributed by atoms with E-state index in [0.29, 0.717) is 12.3 Å². The van der Waals surface area contributed by atoms with Gasteiger partial charge >= 0.3 is 5.97 Å². The van der Waals surface area contributed by atoms with Crippen molar-refractivity contribution in [1.29, 1.82) is 0 Å². The SMILES string of the molecule is CCC1C2CCC(C2)C1CC(=O)OC. The van der Waals surface area contributed by atoms with Crippen molar-refractivity contribution in [3.8, 4) is 0 Å². The van der Waals surface area contributed by atoms with Crippen LogP contribution in [0.5, 0.6) is 0 Å². The highest BCUT2D eigenvalue weighted by Crippen LogP contribution is 2.54. The van der Waals surface area contributed by atoms with Crippen LogP contribution in [-0.4, -0.2) is 13.1 Å². The maximum absolute atomic E-state index is 11.3. The molecule has 0 spiro atoms. The molecule has 4 unspecified atom stereocenters. The Morgan fingerprint density at radius 3 is 2.50 bits per heavy atom. The number of hydrogen-bond donors (Lipinski definition) is 0. The summed E-state index contributed by atoms with van der Waals surface area (Å²) in [5, 5.41) is 0. The Labute approximate surface area is 86.0 Å². The molecule has 0 aromatic heterocycles. The van der Waals surface area contributed by atoms with Crippen molar-refractivity contribution in [2.45, 2.75) is 39.0 Å². The first-order valence-corrected chi connectivity index (χ1v) is 5.83. The summed E-state index contributed by atoms with van der Waals surface area (Å²) in [6.07, 6.45) is 6.03. The van der Waals surface area contributed by atoms with Gasteiger partial charge in [-0.25, -0.2) is 0 Å². The fourth-order valence-electron chi connectivity index (χ4n) is 3.76. The average molecular weight is 196 g/mol. The van der Waals surface area contributed by atoms with Crippen molar-refractivity contribution in [3.63, 3.8) is 0 Å². The lowest BCUT2D eigenvalue weighted by atomic mass is 9.76. The molecule has 80 valence electrons. The van der Waals surface area contributed by atoms with Crippen LogP contribution in [0.2, 0.25) is 0 Å². The normalized spacial score (nSPS) is 40.1. The van der Waals surface area contributed by atoms with Crippen LogP contribution in [0.3, 0.4) is 0 Å². The smallest absolute Gasteiger partial charge is 0.305 e. The highest BCUT2D eigenvalue weighted by molar-refractivity contribution is 5.69. The van der Waals surface area contributed by atoms with Gasteiger partial charge < -0.3 is 4.74 Å². The first-order valence-electron chi connectivity index (χ1n) is 5.83. The summed E-state index contributed by atoms with van der Waals surface area (Å²) in [6.45, 7) is 2.26. The quantitative estimate of drug-likeness (QED) is 0.649. The van der Waals surface area contributed by atoms with E-state index >= 15 is 0 Å². The van der Waals surface area contributed by atoms with Gasteiger partial charge in [0, 0.05) is 6.42 Å². The second-order valence-electron chi connectivity index (χ2n) is 4.85. The van der Waals surface area contributed by atoms with Crippen LogP contribution in [-0.2, 0) is 9.53 Å². The molecule has 0 aromatic carbocycles. The summed E-state index contributed by atoms with van der Waals surface area (Å²) in [5.74, 6) is 3.16. The highest BCUT2D eigenvalue weighted by atomic mass is 16.5. The molecular weight excluding hydrogens is 176 g/mol. The largest absolute Gasteiger partial charge is 0.469 e. The lowest BCUT2D eigenvalue weighted by Crippen LogP contribution is -2.24. The first kappa shape index (κ1) is 10.0. The molecule has 2 rings (SSSR count). The second-order valence-corrected chi connectivity index (χ2v) is 4.85. The van der Waals surface area contributed by atoms with Gasteiger partial charge in [0.25, 0.3) is 0 Å². The van der Waals surface area contributed by atoms with E-state index in [1.807, 2.05) is 0 Å². The van der Waals surface area contributed by atoms with Crippen LogP contribution in [0.4, 0.5) is 0 Å². The molecule has 2 heteroatoms. The van der Waals surface area contributed by atoms with Gasteiger partial charge in [-0.2, -0.15) is 0 Å². The van der Waals surface area contributed by atoms with Gasteiger partial charge in [0.15, 0.2) is 0 Å². The molecule has 14 heavy (non-hydrogen) atoms. The lowest BCUT2D eigenvalue weighted by molar-refractivity contribution is -0.142. The third-order valence-corrected chi connectivity index (χ3v) is 4.38. The Hall–Kier alpha value is -0.530. The van der Waals surface area contributed by atoms with Gasteiger partial charge in [0.2, 0.25) is 0 Å². The van der Waals surface area contributed by atoms with E-state index < -0.39 is 0 Å². The van der Waals surface area contributed by atoms with Crippen LogP contribution >= 0.6 is 0 Å². The zero-order chi connectivity index (χ0) is 10.1. The zero-order valence-electron chi connectivity index (χ0n) is 9.16. The van der Waals surface area contributed by atoms with Gasteiger partial charge in [-0.05, 0) is 42.9 Å². The third kappa shape index (κ3) is 1.55. The van der Waals surface area contributed by atoms with E-state index in [0.717, 1.165) is 17.8 Å². The van der Waals surface area contributed by atoms with Crippen molar-refractivity contribution in [2.75, 3.05) is 7.11 Å². The number of methoxy groups -OCH3 is 1. The second kappa shape index (κ2) is 3.92. The molecule has 2 aliphatic carbocycles. The maximum atomic E-state index is 11.3. The van der Waals surface area contributed by atoms with Crippen LogP contribution in [0.1, 0.15) is 39.0 Å². The lowest BCUT2D eigenvalue weighted by Gasteiger charge is -2.29. The molecule has 2 bridgehead atoms. The first-order chi connectivity index (χ1) is 6.76. The van der Waals surface area contributed by atoms with Crippen molar-refractivity contribution < 1.29 is 9.53 Å². The van der Waals surface area contributed by atoms with Gasteiger partial charge in [0.1, 0.15) is 0 Å². The van der Waals surface area contributed by atoms with E-state index in [-0.39, 0.29) is 5.97 Å². The van der Waals surface area contributed by atoms with E-state index in [1.165, 1.54) is 32.8 Å². The minimum Gasteiger partial charge on any atom is -0.469 e. The Morgan fingerprint density at radius 1 is 1.29 bits per heavy atom.